The molecule has 3 aromatic carbocycles. The van der Waals surface area contributed by atoms with E-state index in [9.17, 15) is 0 Å². The summed E-state index contributed by atoms with van der Waals surface area (Å²) >= 11 is 0. The van der Waals surface area contributed by atoms with Crippen molar-refractivity contribution in [1.82, 2.24) is 0 Å². The molecule has 0 spiro atoms. The highest BCUT2D eigenvalue weighted by Crippen LogP contribution is 2.30. The number of hydrogen-bond donors (Lipinski definition) is 0. The molecule has 0 bridgehead atoms. The number of rotatable bonds is 12. The molecule has 0 radical (unpaired) electrons. The summed E-state index contributed by atoms with van der Waals surface area (Å²) in [5.74, 6) is 0. The summed E-state index contributed by atoms with van der Waals surface area (Å²) in [5.41, 5.74) is 3.24. The Bertz CT molecular complexity index is 968. The molecule has 0 aliphatic carbocycles. The molecule has 6 heteroatoms. The molecule has 0 aromatic heterocycles. The maximum atomic E-state index is 6.44. The fourth-order valence-electron chi connectivity index (χ4n) is 4.24. The second kappa shape index (κ2) is 13.5. The lowest BCUT2D eigenvalue weighted by Gasteiger charge is -2.45. The summed E-state index contributed by atoms with van der Waals surface area (Å²) in [6.45, 7) is 1.65. The van der Waals surface area contributed by atoms with E-state index in [-0.39, 0.29) is 0 Å². The van der Waals surface area contributed by atoms with Gasteiger partial charge in [0.2, 0.25) is 0 Å². The second-order valence-corrected chi connectivity index (χ2v) is 8.50. The van der Waals surface area contributed by atoms with Crippen molar-refractivity contribution in [1.29, 1.82) is 0 Å². The maximum absolute atomic E-state index is 6.44. The molecule has 0 unspecified atom stereocenters. The Balaban J connectivity index is 1.51. The zero-order chi connectivity index (χ0) is 24.3. The van der Waals surface area contributed by atoms with Gasteiger partial charge in [0.15, 0.2) is 6.29 Å². The van der Waals surface area contributed by atoms with Crippen molar-refractivity contribution in [2.45, 2.75) is 50.5 Å². The molecule has 5 atom stereocenters. The molecular weight excluding hydrogens is 444 g/mol. The van der Waals surface area contributed by atoms with E-state index >= 15 is 0 Å². The van der Waals surface area contributed by atoms with Crippen LogP contribution in [0, 0.1) is 0 Å². The van der Waals surface area contributed by atoms with Crippen molar-refractivity contribution in [3.8, 4) is 0 Å². The van der Waals surface area contributed by atoms with Crippen LogP contribution in [0.3, 0.4) is 0 Å². The van der Waals surface area contributed by atoms with E-state index in [0.717, 1.165) is 16.7 Å². The monoisotopic (exact) mass is 478 g/mol. The maximum Gasteiger partial charge on any atom is 0.186 e. The first-order valence-electron chi connectivity index (χ1n) is 11.9. The van der Waals surface area contributed by atoms with Gasteiger partial charge in [0.05, 0.1) is 26.4 Å². The van der Waals surface area contributed by atoms with Gasteiger partial charge in [-0.3, -0.25) is 0 Å². The summed E-state index contributed by atoms with van der Waals surface area (Å²) in [6, 6.07) is 30.2. The molecule has 1 saturated heterocycles. The van der Waals surface area contributed by atoms with Crippen LogP contribution in [0.15, 0.2) is 91.0 Å². The molecular formula is C29H34O6. The summed E-state index contributed by atoms with van der Waals surface area (Å²) in [6.07, 6.45) is -2.32. The van der Waals surface area contributed by atoms with Crippen LogP contribution in [0.2, 0.25) is 0 Å². The topological polar surface area (TPSA) is 55.4 Å². The first kappa shape index (κ1) is 25.5. The van der Waals surface area contributed by atoms with Crippen LogP contribution in [0.1, 0.15) is 16.7 Å². The van der Waals surface area contributed by atoms with E-state index in [1.54, 1.807) is 14.2 Å². The van der Waals surface area contributed by atoms with Gasteiger partial charge in [-0.2, -0.15) is 0 Å². The smallest absolute Gasteiger partial charge is 0.186 e. The van der Waals surface area contributed by atoms with E-state index in [2.05, 4.69) is 0 Å². The highest BCUT2D eigenvalue weighted by atomic mass is 16.7. The zero-order valence-electron chi connectivity index (χ0n) is 20.3. The summed E-state index contributed by atoms with van der Waals surface area (Å²) < 4.78 is 36.7. The minimum atomic E-state index is -0.609. The van der Waals surface area contributed by atoms with Gasteiger partial charge in [0.25, 0.3) is 0 Å². The lowest BCUT2D eigenvalue weighted by Crippen LogP contribution is -2.61. The average Bonchev–Trinajstić information content (AvgIpc) is 2.92. The highest BCUT2D eigenvalue weighted by Gasteiger charge is 2.48. The van der Waals surface area contributed by atoms with E-state index in [4.69, 9.17) is 28.4 Å². The van der Waals surface area contributed by atoms with Crippen LogP contribution in [-0.4, -0.2) is 51.5 Å². The Labute approximate surface area is 207 Å². The molecule has 4 rings (SSSR count). The molecule has 1 aliphatic heterocycles. The molecule has 1 aliphatic rings. The van der Waals surface area contributed by atoms with Gasteiger partial charge in [0.1, 0.15) is 24.4 Å². The van der Waals surface area contributed by atoms with Gasteiger partial charge in [0, 0.05) is 14.2 Å². The van der Waals surface area contributed by atoms with E-state index in [1.165, 1.54) is 0 Å². The second-order valence-electron chi connectivity index (χ2n) is 8.50. The van der Waals surface area contributed by atoms with Gasteiger partial charge >= 0.3 is 0 Å². The molecule has 1 heterocycles. The average molecular weight is 479 g/mol. The van der Waals surface area contributed by atoms with E-state index in [1.807, 2.05) is 91.0 Å². The molecule has 0 saturated carbocycles. The molecule has 6 nitrogen and oxygen atoms in total. The number of ether oxygens (including phenoxy) is 6. The normalized spacial score (nSPS) is 24.3. The fourth-order valence-corrected chi connectivity index (χ4v) is 4.24. The molecule has 0 N–H and O–H groups in total. The van der Waals surface area contributed by atoms with Crippen molar-refractivity contribution >= 4 is 0 Å². The number of benzene rings is 3. The Morgan fingerprint density at radius 3 is 1.54 bits per heavy atom. The van der Waals surface area contributed by atoms with Gasteiger partial charge in [-0.15, -0.1) is 0 Å². The predicted octanol–water partition coefficient (Wildman–Crippen LogP) is 4.76. The Kier molecular flexibility index (Phi) is 9.84. The third kappa shape index (κ3) is 7.21. The lowest BCUT2D eigenvalue weighted by atomic mass is 9.98. The fraction of sp³-hybridized carbons (Fsp3) is 0.379. The van der Waals surface area contributed by atoms with Crippen LogP contribution in [0.25, 0.3) is 0 Å². The standard InChI is InChI=1S/C29H34O6/c1-30-28-27(34-20-24-16-10-5-11-17-24)26(33-19-23-14-8-4-9-15-23)25(35-29(28)31-2)21-32-18-22-12-6-3-7-13-22/h3-17,25-29H,18-21H2,1-2H3/t25-,26-,27+,28-,29+/m1/s1. The van der Waals surface area contributed by atoms with Crippen LogP contribution in [-0.2, 0) is 48.2 Å². The lowest BCUT2D eigenvalue weighted by molar-refractivity contribution is -0.317. The Morgan fingerprint density at radius 2 is 1.06 bits per heavy atom. The van der Waals surface area contributed by atoms with Gasteiger partial charge in [-0.25, -0.2) is 0 Å². The van der Waals surface area contributed by atoms with Crippen molar-refractivity contribution in [2.75, 3.05) is 20.8 Å². The van der Waals surface area contributed by atoms with Crippen molar-refractivity contribution in [3.05, 3.63) is 108 Å². The highest BCUT2D eigenvalue weighted by molar-refractivity contribution is 5.15. The van der Waals surface area contributed by atoms with Crippen molar-refractivity contribution in [3.63, 3.8) is 0 Å². The van der Waals surface area contributed by atoms with Crippen molar-refractivity contribution < 1.29 is 28.4 Å². The molecule has 1 fully saturated rings. The molecule has 0 amide bonds. The molecule has 35 heavy (non-hydrogen) atoms. The third-order valence-electron chi connectivity index (χ3n) is 6.06. The largest absolute Gasteiger partial charge is 0.374 e. The summed E-state index contributed by atoms with van der Waals surface area (Å²) in [4.78, 5) is 0. The van der Waals surface area contributed by atoms with Crippen LogP contribution >= 0.6 is 0 Å². The molecule has 186 valence electrons. The van der Waals surface area contributed by atoms with Crippen LogP contribution < -0.4 is 0 Å². The van der Waals surface area contributed by atoms with E-state index < -0.39 is 30.7 Å². The zero-order valence-corrected chi connectivity index (χ0v) is 20.3. The Morgan fingerprint density at radius 1 is 0.571 bits per heavy atom. The SMILES string of the molecule is CO[C@H]1O[C@H](COCc2ccccc2)[C@@H](OCc2ccccc2)[C@H](OCc2ccccc2)[C@H]1OC. The van der Waals surface area contributed by atoms with Gasteiger partial charge in [-0.1, -0.05) is 91.0 Å². The van der Waals surface area contributed by atoms with Crippen LogP contribution in [0.4, 0.5) is 0 Å². The first-order chi connectivity index (χ1) is 17.3. The summed E-state index contributed by atoms with van der Waals surface area (Å²) in [5, 5.41) is 0. The first-order valence-corrected chi connectivity index (χ1v) is 11.9. The molecule has 3 aromatic rings. The van der Waals surface area contributed by atoms with Crippen molar-refractivity contribution in [2.24, 2.45) is 0 Å². The summed E-state index contributed by atoms with van der Waals surface area (Å²) in [7, 11) is 3.25. The van der Waals surface area contributed by atoms with Gasteiger partial charge in [-0.05, 0) is 16.7 Å². The van der Waals surface area contributed by atoms with E-state index in [0.29, 0.717) is 26.4 Å². The third-order valence-corrected chi connectivity index (χ3v) is 6.06. The number of methoxy groups -OCH3 is 2. The number of hydrogen-bond acceptors (Lipinski definition) is 6. The minimum Gasteiger partial charge on any atom is -0.374 e. The predicted molar refractivity (Wildman–Crippen MR) is 133 cm³/mol. The quantitative estimate of drug-likeness (QED) is 0.374. The van der Waals surface area contributed by atoms with Crippen LogP contribution in [0.5, 0.6) is 0 Å². The Hall–Kier alpha value is -2.58. The van der Waals surface area contributed by atoms with Gasteiger partial charge < -0.3 is 28.4 Å². The minimum absolute atomic E-state index is 0.329.